The Kier molecular flexibility index (Phi) is 7.27. The number of carbonyl (C=O) groups is 2. The Bertz CT molecular complexity index is 2120. The number of rotatable bonds is 6. The van der Waals surface area contributed by atoms with E-state index in [0.717, 1.165) is 40.5 Å². The van der Waals surface area contributed by atoms with Gasteiger partial charge < -0.3 is 11.1 Å². The molecule has 4 aromatic heterocycles. The molecule has 0 saturated heterocycles. The van der Waals surface area contributed by atoms with Gasteiger partial charge in [0.2, 0.25) is 0 Å². The van der Waals surface area contributed by atoms with Gasteiger partial charge in [0.25, 0.3) is 18.2 Å². The van der Waals surface area contributed by atoms with Gasteiger partial charge in [-0.25, -0.2) is 27.7 Å². The van der Waals surface area contributed by atoms with E-state index in [0.29, 0.717) is 16.9 Å². The van der Waals surface area contributed by atoms with Crippen LogP contribution in [0.1, 0.15) is 43.4 Å². The van der Waals surface area contributed by atoms with Crippen LogP contribution < -0.4 is 11.1 Å². The summed E-state index contributed by atoms with van der Waals surface area (Å²) in [6, 6.07) is 13.3. The lowest BCUT2D eigenvalue weighted by atomic mass is 10.00. The first kappa shape index (κ1) is 29.7. The maximum absolute atomic E-state index is 14.0. The Morgan fingerprint density at radius 3 is 2.27 bits per heavy atom. The van der Waals surface area contributed by atoms with Gasteiger partial charge >= 0.3 is 6.18 Å². The maximum atomic E-state index is 14.0. The molecule has 4 heterocycles. The van der Waals surface area contributed by atoms with Crippen molar-refractivity contribution in [3.8, 4) is 22.4 Å². The van der Waals surface area contributed by atoms with E-state index >= 15 is 0 Å². The van der Waals surface area contributed by atoms with Gasteiger partial charge in [0.05, 0.1) is 17.6 Å². The Hall–Kier alpha value is -5.31. The van der Waals surface area contributed by atoms with E-state index in [4.69, 9.17) is 5.73 Å². The van der Waals surface area contributed by atoms with Gasteiger partial charge in [0.1, 0.15) is 32.5 Å². The van der Waals surface area contributed by atoms with E-state index in [1.807, 2.05) is 0 Å². The molecule has 8 nitrogen and oxygen atoms in total. The first-order valence-electron chi connectivity index (χ1n) is 13.0. The number of hydrogen-bond acceptors (Lipinski definition) is 6. The second-order valence-corrected chi connectivity index (χ2v) is 10.9. The number of nitrogens with zero attached hydrogens (tertiary/aromatic N) is 4. The fourth-order valence-electron chi connectivity index (χ4n) is 4.75. The number of alkyl halides is 5. The Morgan fingerprint density at radius 2 is 1.64 bits per heavy atom. The molecule has 15 heteroatoms. The second-order valence-electron chi connectivity index (χ2n) is 9.89. The van der Waals surface area contributed by atoms with Crippen LogP contribution in [-0.2, 0) is 6.18 Å². The van der Waals surface area contributed by atoms with Crippen molar-refractivity contribution in [1.29, 1.82) is 0 Å². The molecule has 0 saturated carbocycles. The lowest BCUT2D eigenvalue weighted by molar-refractivity contribution is -0.140. The predicted molar refractivity (Wildman–Crippen MR) is 155 cm³/mol. The fourth-order valence-corrected chi connectivity index (χ4v) is 5.76. The number of halogens is 6. The number of thiophene rings is 1. The van der Waals surface area contributed by atoms with E-state index in [9.17, 15) is 35.9 Å². The normalized spacial score (nSPS) is 11.9. The van der Waals surface area contributed by atoms with Gasteiger partial charge in [-0.1, -0.05) is 29.8 Å². The van der Waals surface area contributed by atoms with E-state index in [1.165, 1.54) is 12.1 Å². The molecule has 6 rings (SSSR count). The number of anilines is 1. The summed E-state index contributed by atoms with van der Waals surface area (Å²) in [5.74, 6) is -2.58. The molecule has 0 radical (unpaired) electrons. The summed E-state index contributed by atoms with van der Waals surface area (Å²) in [5, 5.41) is 6.44. The highest BCUT2D eigenvalue weighted by Gasteiger charge is 2.35. The van der Waals surface area contributed by atoms with Crippen LogP contribution in [0.25, 0.3) is 38.2 Å². The summed E-state index contributed by atoms with van der Waals surface area (Å²) in [4.78, 5) is 33.7. The van der Waals surface area contributed by atoms with E-state index in [-0.39, 0.29) is 48.8 Å². The summed E-state index contributed by atoms with van der Waals surface area (Å²) in [6.45, 7) is 1.79. The number of nitrogens with two attached hydrogens (primary N) is 1. The van der Waals surface area contributed by atoms with Gasteiger partial charge in [0.15, 0.2) is 5.65 Å². The van der Waals surface area contributed by atoms with E-state index < -0.39 is 41.6 Å². The first-order valence-corrected chi connectivity index (χ1v) is 13.8. The van der Waals surface area contributed by atoms with Gasteiger partial charge in [-0.3, -0.25) is 9.59 Å². The van der Waals surface area contributed by atoms with Crippen molar-refractivity contribution in [2.45, 2.75) is 19.5 Å². The van der Waals surface area contributed by atoms with Crippen molar-refractivity contribution in [2.24, 2.45) is 5.73 Å². The summed E-state index contributed by atoms with van der Waals surface area (Å²) in [5.41, 5.74) is 4.41. The minimum atomic E-state index is -4.83. The minimum Gasteiger partial charge on any atom is -0.365 e. The monoisotopic (exact) mass is 640 g/mol. The van der Waals surface area contributed by atoms with Crippen molar-refractivity contribution < 1.29 is 35.9 Å². The van der Waals surface area contributed by atoms with Crippen LogP contribution in [0.5, 0.6) is 0 Å². The first-order chi connectivity index (χ1) is 21.3. The summed E-state index contributed by atoms with van der Waals surface area (Å²) < 4.78 is 83.9. The number of nitrogens with one attached hydrogen (secondary N) is 1. The Balaban J connectivity index is 1.53. The minimum absolute atomic E-state index is 0.00306. The molecule has 0 fully saturated rings. The number of pyridine rings is 1. The zero-order valence-electron chi connectivity index (χ0n) is 22.8. The van der Waals surface area contributed by atoms with Crippen LogP contribution in [0.3, 0.4) is 0 Å². The highest BCUT2D eigenvalue weighted by Crippen LogP contribution is 2.44. The number of primary amides is 1. The number of fused-ring (bicyclic) bond motifs is 2. The lowest BCUT2D eigenvalue weighted by Gasteiger charge is -2.13. The van der Waals surface area contributed by atoms with Gasteiger partial charge in [-0.05, 0) is 54.4 Å². The number of benzene rings is 2. The number of hydrogen-bond donors (Lipinski definition) is 2. The molecule has 0 aliphatic carbocycles. The zero-order chi connectivity index (χ0) is 32.2. The van der Waals surface area contributed by atoms with Crippen LogP contribution in [0.2, 0.25) is 0 Å². The van der Waals surface area contributed by atoms with Crippen LogP contribution in [0.4, 0.5) is 32.0 Å². The molecule has 2 amide bonds. The largest absolute Gasteiger partial charge is 0.433 e. The van der Waals surface area contributed by atoms with Crippen molar-refractivity contribution in [3.63, 3.8) is 0 Å². The molecule has 0 unspecified atom stereocenters. The van der Waals surface area contributed by atoms with Gasteiger partial charge in [-0.15, -0.1) is 11.3 Å². The topological polar surface area (TPSA) is 115 Å². The molecule has 0 bridgehead atoms. The highest BCUT2D eigenvalue weighted by molar-refractivity contribution is 7.21. The molecule has 45 heavy (non-hydrogen) atoms. The van der Waals surface area contributed by atoms with Crippen LogP contribution in [0.15, 0.2) is 66.9 Å². The number of amides is 2. The van der Waals surface area contributed by atoms with Crippen molar-refractivity contribution in [2.75, 3.05) is 5.32 Å². The zero-order valence-corrected chi connectivity index (χ0v) is 23.6. The molecule has 0 aliphatic rings. The number of aryl methyl sites for hydroxylation is 1. The Morgan fingerprint density at radius 1 is 0.978 bits per heavy atom. The maximum Gasteiger partial charge on any atom is 0.433 e. The average Bonchev–Trinajstić information content (AvgIpc) is 3.58. The molecule has 6 aromatic rings. The smallest absolute Gasteiger partial charge is 0.365 e. The SMILES string of the molecule is Cc1ccc(-c2cc(C(F)(F)F)nc3sc(C(N)=O)c(NC(=O)c4cnn5c(C(F)F)cc(-c6ccc(F)cc6)nc45)c23)cc1. The molecule has 3 N–H and O–H groups in total. The fraction of sp³-hybridized carbons (Fsp3) is 0.100. The van der Waals surface area contributed by atoms with Gasteiger partial charge in [-0.2, -0.15) is 18.3 Å². The summed E-state index contributed by atoms with van der Waals surface area (Å²) >= 11 is 0.558. The predicted octanol–water partition coefficient (Wildman–Crippen LogP) is 7.43. The lowest BCUT2D eigenvalue weighted by Crippen LogP contribution is -2.17. The van der Waals surface area contributed by atoms with Gasteiger partial charge in [0, 0.05) is 10.9 Å². The summed E-state index contributed by atoms with van der Waals surface area (Å²) in [7, 11) is 0. The van der Waals surface area contributed by atoms with Crippen LogP contribution in [-0.4, -0.2) is 31.4 Å². The third-order valence-electron chi connectivity index (χ3n) is 6.88. The second kappa shape index (κ2) is 11.0. The van der Waals surface area contributed by atoms with E-state index in [2.05, 4.69) is 20.4 Å². The standard InChI is InChI=1S/C30H18F6N6O2S/c1-13-2-4-14(5-3-13)17-10-21(30(34,35)36)40-29-22(17)23(24(45-29)26(37)43)41-28(44)18-12-38-42-20(25(32)33)11-19(39-27(18)42)15-6-8-16(31)9-7-15/h2-12,25H,1H3,(H2,37,43)(H,41,44). The molecule has 228 valence electrons. The van der Waals surface area contributed by atoms with E-state index in [1.54, 1.807) is 31.2 Å². The third kappa shape index (κ3) is 5.46. The molecule has 0 spiro atoms. The molecular formula is C30H18F6N6O2S. The van der Waals surface area contributed by atoms with Crippen molar-refractivity contribution >= 4 is 44.7 Å². The number of aromatic nitrogens is 4. The molecule has 0 aliphatic heterocycles. The van der Waals surface area contributed by atoms with Crippen LogP contribution in [0, 0.1) is 12.7 Å². The molecule has 0 atom stereocenters. The quantitative estimate of drug-likeness (QED) is 0.184. The van der Waals surface area contributed by atoms with Crippen molar-refractivity contribution in [3.05, 3.63) is 100 Å². The highest BCUT2D eigenvalue weighted by atomic mass is 32.1. The average molecular weight is 641 g/mol. The number of carbonyl (C=O) groups excluding carboxylic acids is 2. The van der Waals surface area contributed by atoms with Crippen LogP contribution >= 0.6 is 11.3 Å². The van der Waals surface area contributed by atoms with Crippen molar-refractivity contribution in [1.82, 2.24) is 19.6 Å². The summed E-state index contributed by atoms with van der Waals surface area (Å²) in [6.07, 6.45) is -6.89. The molecular weight excluding hydrogens is 622 g/mol. The Labute approximate surface area is 253 Å². The third-order valence-corrected chi connectivity index (χ3v) is 7.98. The molecule has 2 aromatic carbocycles.